The highest BCUT2D eigenvalue weighted by Crippen LogP contribution is 2.41. The first kappa shape index (κ1) is 26.4. The van der Waals surface area contributed by atoms with E-state index in [1.54, 1.807) is 72.8 Å². The molecule has 1 N–H and O–H groups in total. The standard InChI is InChI=1S/C31H21F3N2O4/c1-40-26-16-6-5-15-25(26)36(30(38)39)21-12-7-11-20(17-21)27-22-13-8-14-24(31(32,33)34)28(22)35-18-23(27)29(37)19-9-3-2-4-10-19/h2-18H,1H3,(H,38,39). The average molecular weight is 543 g/mol. The van der Waals surface area contributed by atoms with E-state index in [4.69, 9.17) is 4.74 Å². The van der Waals surface area contributed by atoms with E-state index in [-0.39, 0.29) is 33.4 Å². The number of fused-ring (bicyclic) bond motifs is 1. The van der Waals surface area contributed by atoms with E-state index >= 15 is 0 Å². The number of aromatic nitrogens is 1. The minimum absolute atomic E-state index is 0.0781. The Morgan fingerprint density at radius 1 is 0.875 bits per heavy atom. The number of carbonyl (C=O) groups excluding carboxylic acids is 1. The number of pyridine rings is 1. The van der Waals surface area contributed by atoms with Gasteiger partial charge in [-0.15, -0.1) is 0 Å². The number of rotatable bonds is 6. The van der Waals surface area contributed by atoms with Gasteiger partial charge in [0.25, 0.3) is 0 Å². The van der Waals surface area contributed by atoms with Crippen LogP contribution in [0.4, 0.5) is 29.3 Å². The zero-order chi connectivity index (χ0) is 28.4. The number of anilines is 2. The zero-order valence-electron chi connectivity index (χ0n) is 21.0. The fraction of sp³-hybridized carbons (Fsp3) is 0.0645. The molecule has 0 spiro atoms. The van der Waals surface area contributed by atoms with Crippen molar-refractivity contribution in [1.29, 1.82) is 0 Å². The van der Waals surface area contributed by atoms with Crippen LogP contribution in [0.25, 0.3) is 22.0 Å². The fourth-order valence-electron chi connectivity index (χ4n) is 4.65. The van der Waals surface area contributed by atoms with Gasteiger partial charge in [0.1, 0.15) is 5.75 Å². The largest absolute Gasteiger partial charge is 0.495 e. The predicted octanol–water partition coefficient (Wildman–Crippen LogP) is 7.98. The summed E-state index contributed by atoms with van der Waals surface area (Å²) in [4.78, 5) is 31.1. The maximum absolute atomic E-state index is 13.9. The number of hydrogen-bond acceptors (Lipinski definition) is 4. The lowest BCUT2D eigenvalue weighted by Gasteiger charge is -2.23. The van der Waals surface area contributed by atoms with Crippen molar-refractivity contribution >= 4 is 34.2 Å². The number of carbonyl (C=O) groups is 2. The molecule has 0 saturated heterocycles. The molecule has 40 heavy (non-hydrogen) atoms. The topological polar surface area (TPSA) is 79.7 Å². The third-order valence-corrected chi connectivity index (χ3v) is 6.39. The Morgan fingerprint density at radius 2 is 1.57 bits per heavy atom. The Hall–Kier alpha value is -5.18. The number of amides is 1. The van der Waals surface area contributed by atoms with Crippen molar-refractivity contribution in [2.75, 3.05) is 12.0 Å². The van der Waals surface area contributed by atoms with Crippen molar-refractivity contribution < 1.29 is 32.6 Å². The second-order valence-electron chi connectivity index (χ2n) is 8.78. The summed E-state index contributed by atoms with van der Waals surface area (Å²) in [6.45, 7) is 0. The highest BCUT2D eigenvalue weighted by molar-refractivity contribution is 6.17. The minimum Gasteiger partial charge on any atom is -0.495 e. The molecule has 0 bridgehead atoms. The van der Waals surface area contributed by atoms with Gasteiger partial charge in [-0.1, -0.05) is 66.7 Å². The highest BCUT2D eigenvalue weighted by atomic mass is 19.4. The first-order chi connectivity index (χ1) is 19.2. The number of para-hydroxylation sites is 3. The summed E-state index contributed by atoms with van der Waals surface area (Å²) in [7, 11) is 1.41. The molecule has 0 aliphatic carbocycles. The van der Waals surface area contributed by atoms with Crippen LogP contribution in [0.3, 0.4) is 0 Å². The lowest BCUT2D eigenvalue weighted by molar-refractivity contribution is -0.136. The molecule has 0 aliphatic rings. The Bertz CT molecular complexity index is 1740. The first-order valence-electron chi connectivity index (χ1n) is 12.1. The molecule has 0 unspecified atom stereocenters. The molecule has 1 amide bonds. The SMILES string of the molecule is COc1ccccc1N(C(=O)O)c1cccc(-c2c(C(=O)c3ccccc3)cnc3c(C(F)(F)F)cccc23)c1. The molecule has 5 aromatic rings. The normalized spacial score (nSPS) is 11.3. The lowest BCUT2D eigenvalue weighted by atomic mass is 9.91. The number of hydrogen-bond donors (Lipinski definition) is 1. The molecule has 0 fully saturated rings. The smallest absolute Gasteiger partial charge is 0.418 e. The molecule has 9 heteroatoms. The summed E-state index contributed by atoms with van der Waals surface area (Å²) in [5.74, 6) is -0.132. The summed E-state index contributed by atoms with van der Waals surface area (Å²) < 4.78 is 47.1. The van der Waals surface area contributed by atoms with Gasteiger partial charge in [0.05, 0.1) is 29.6 Å². The number of alkyl halides is 3. The van der Waals surface area contributed by atoms with E-state index in [2.05, 4.69) is 4.98 Å². The first-order valence-corrected chi connectivity index (χ1v) is 12.1. The number of ketones is 1. The Balaban J connectivity index is 1.78. The van der Waals surface area contributed by atoms with Gasteiger partial charge >= 0.3 is 12.3 Å². The zero-order valence-corrected chi connectivity index (χ0v) is 21.0. The minimum atomic E-state index is -4.68. The monoisotopic (exact) mass is 542 g/mol. The van der Waals surface area contributed by atoms with Gasteiger partial charge in [-0.05, 0) is 35.9 Å². The van der Waals surface area contributed by atoms with Gasteiger partial charge in [-0.3, -0.25) is 9.78 Å². The van der Waals surface area contributed by atoms with E-state index in [1.165, 1.54) is 25.3 Å². The van der Waals surface area contributed by atoms with Gasteiger partial charge in [0, 0.05) is 28.3 Å². The molecule has 0 radical (unpaired) electrons. The van der Waals surface area contributed by atoms with Crippen molar-refractivity contribution in [3.8, 4) is 16.9 Å². The number of ether oxygens (including phenoxy) is 1. The van der Waals surface area contributed by atoms with Crippen LogP contribution < -0.4 is 9.64 Å². The molecule has 200 valence electrons. The van der Waals surface area contributed by atoms with Crippen molar-refractivity contribution in [3.05, 3.63) is 120 Å². The number of methoxy groups -OCH3 is 1. The van der Waals surface area contributed by atoms with Gasteiger partial charge in [-0.2, -0.15) is 13.2 Å². The Kier molecular flexibility index (Phi) is 6.96. The fourth-order valence-corrected chi connectivity index (χ4v) is 4.65. The molecule has 6 nitrogen and oxygen atoms in total. The van der Waals surface area contributed by atoms with Crippen LogP contribution in [-0.4, -0.2) is 29.1 Å². The number of carboxylic acid groups (broad SMARTS) is 1. The molecular weight excluding hydrogens is 521 g/mol. The summed E-state index contributed by atoms with van der Waals surface area (Å²) in [6, 6.07) is 24.8. The number of benzene rings is 4. The molecule has 0 saturated carbocycles. The van der Waals surface area contributed by atoms with Crippen LogP contribution in [0.5, 0.6) is 5.75 Å². The van der Waals surface area contributed by atoms with Crippen LogP contribution in [0, 0.1) is 0 Å². The predicted molar refractivity (Wildman–Crippen MR) is 145 cm³/mol. The molecule has 5 rings (SSSR count). The third kappa shape index (κ3) is 4.84. The van der Waals surface area contributed by atoms with E-state index < -0.39 is 23.6 Å². The Morgan fingerprint density at radius 3 is 2.27 bits per heavy atom. The van der Waals surface area contributed by atoms with Gasteiger partial charge in [0.2, 0.25) is 0 Å². The van der Waals surface area contributed by atoms with Crippen molar-refractivity contribution in [2.24, 2.45) is 0 Å². The summed E-state index contributed by atoms with van der Waals surface area (Å²) in [6.07, 6.45) is -4.84. The highest BCUT2D eigenvalue weighted by Gasteiger charge is 2.34. The molecule has 4 aromatic carbocycles. The van der Waals surface area contributed by atoms with Crippen molar-refractivity contribution in [2.45, 2.75) is 6.18 Å². The number of halogens is 3. The summed E-state index contributed by atoms with van der Waals surface area (Å²) >= 11 is 0. The van der Waals surface area contributed by atoms with Gasteiger partial charge < -0.3 is 9.84 Å². The van der Waals surface area contributed by atoms with Crippen LogP contribution >= 0.6 is 0 Å². The quantitative estimate of drug-likeness (QED) is 0.220. The van der Waals surface area contributed by atoms with Crippen LogP contribution in [-0.2, 0) is 6.18 Å². The number of nitrogens with zero attached hydrogens (tertiary/aromatic N) is 2. The second-order valence-corrected chi connectivity index (χ2v) is 8.78. The summed E-state index contributed by atoms with van der Waals surface area (Å²) in [5, 5.41) is 10.2. The van der Waals surface area contributed by atoms with Crippen LogP contribution in [0.1, 0.15) is 21.5 Å². The molecule has 1 aromatic heterocycles. The molecule has 0 atom stereocenters. The maximum Gasteiger partial charge on any atom is 0.418 e. The van der Waals surface area contributed by atoms with Gasteiger partial charge in [-0.25, -0.2) is 9.69 Å². The van der Waals surface area contributed by atoms with Crippen molar-refractivity contribution in [1.82, 2.24) is 4.98 Å². The molecule has 0 aliphatic heterocycles. The lowest BCUT2D eigenvalue weighted by Crippen LogP contribution is -2.24. The average Bonchev–Trinajstić information content (AvgIpc) is 2.96. The van der Waals surface area contributed by atoms with E-state index in [0.717, 1.165) is 17.2 Å². The van der Waals surface area contributed by atoms with E-state index in [9.17, 15) is 27.9 Å². The van der Waals surface area contributed by atoms with E-state index in [1.807, 2.05) is 0 Å². The maximum atomic E-state index is 13.9. The van der Waals surface area contributed by atoms with Crippen molar-refractivity contribution in [3.63, 3.8) is 0 Å². The molecular formula is C31H21F3N2O4. The van der Waals surface area contributed by atoms with Gasteiger partial charge in [0.15, 0.2) is 5.78 Å². The summed E-state index contributed by atoms with van der Waals surface area (Å²) in [5.41, 5.74) is 0.131. The Labute approximate surface area is 226 Å². The van der Waals surface area contributed by atoms with E-state index in [0.29, 0.717) is 16.9 Å². The second kappa shape index (κ2) is 10.5. The third-order valence-electron chi connectivity index (χ3n) is 6.39. The van der Waals surface area contributed by atoms with Crippen LogP contribution in [0.2, 0.25) is 0 Å². The van der Waals surface area contributed by atoms with Crippen LogP contribution in [0.15, 0.2) is 103 Å². The molecule has 1 heterocycles.